The third-order valence-corrected chi connectivity index (χ3v) is 2.68. The molecule has 0 N–H and O–H groups in total. The third kappa shape index (κ3) is 3.11. The van der Waals surface area contributed by atoms with Crippen LogP contribution in [0.2, 0.25) is 0 Å². The van der Waals surface area contributed by atoms with E-state index in [1.807, 2.05) is 12.2 Å². The highest BCUT2D eigenvalue weighted by atomic mass is 16.1. The van der Waals surface area contributed by atoms with Gasteiger partial charge >= 0.3 is 0 Å². The molecule has 0 bridgehead atoms. The number of hydrogen-bond acceptors (Lipinski definition) is 2. The van der Waals surface area contributed by atoms with Crippen LogP contribution in [0.4, 0.5) is 0 Å². The van der Waals surface area contributed by atoms with Crippen LogP contribution in [0.15, 0.2) is 25.3 Å². The highest BCUT2D eigenvalue weighted by Crippen LogP contribution is 2.22. The lowest BCUT2D eigenvalue weighted by molar-refractivity contribution is -0.121. The Bertz CT molecular complexity index is 212. The molecule has 0 amide bonds. The number of Topliss-reactive ketones (excluding diaryl/α,β-unsaturated/α-hetero) is 1. The molecule has 0 aromatic carbocycles. The maximum absolute atomic E-state index is 11.4. The van der Waals surface area contributed by atoms with Gasteiger partial charge in [0.1, 0.15) is 5.78 Å². The van der Waals surface area contributed by atoms with Crippen molar-refractivity contribution in [2.24, 2.45) is 5.92 Å². The molecule has 1 rings (SSSR count). The maximum atomic E-state index is 11.4. The SMILES string of the molecule is C=CCN(CC=C)CC1CCCC1=O. The van der Waals surface area contributed by atoms with E-state index in [1.54, 1.807) is 0 Å². The molecule has 0 aromatic rings. The molecule has 1 aliphatic carbocycles. The summed E-state index contributed by atoms with van der Waals surface area (Å²) < 4.78 is 0. The second kappa shape index (κ2) is 5.76. The van der Waals surface area contributed by atoms with Gasteiger partial charge in [-0.15, -0.1) is 13.2 Å². The average molecular weight is 193 g/mol. The van der Waals surface area contributed by atoms with E-state index >= 15 is 0 Å². The number of carbonyl (C=O) groups excluding carboxylic acids is 1. The van der Waals surface area contributed by atoms with Gasteiger partial charge in [0.15, 0.2) is 0 Å². The van der Waals surface area contributed by atoms with Gasteiger partial charge in [-0.3, -0.25) is 9.69 Å². The van der Waals surface area contributed by atoms with Crippen molar-refractivity contribution in [2.45, 2.75) is 19.3 Å². The second-order valence-electron chi connectivity index (χ2n) is 3.85. The first-order chi connectivity index (χ1) is 6.77. The van der Waals surface area contributed by atoms with E-state index in [2.05, 4.69) is 18.1 Å². The Morgan fingerprint density at radius 3 is 2.43 bits per heavy atom. The molecule has 78 valence electrons. The zero-order chi connectivity index (χ0) is 10.4. The van der Waals surface area contributed by atoms with Gasteiger partial charge in [-0.25, -0.2) is 0 Å². The summed E-state index contributed by atoms with van der Waals surface area (Å²) >= 11 is 0. The molecule has 0 heterocycles. The van der Waals surface area contributed by atoms with Gasteiger partial charge in [-0.05, 0) is 12.8 Å². The van der Waals surface area contributed by atoms with Crippen LogP contribution in [0, 0.1) is 5.92 Å². The molecule has 1 unspecified atom stereocenters. The summed E-state index contributed by atoms with van der Waals surface area (Å²) in [5, 5.41) is 0. The van der Waals surface area contributed by atoms with Crippen LogP contribution < -0.4 is 0 Å². The molecule has 1 aliphatic rings. The Morgan fingerprint density at radius 2 is 2.00 bits per heavy atom. The summed E-state index contributed by atoms with van der Waals surface area (Å²) in [6.07, 6.45) is 6.66. The van der Waals surface area contributed by atoms with Crippen molar-refractivity contribution < 1.29 is 4.79 Å². The first kappa shape index (κ1) is 11.2. The minimum atomic E-state index is 0.259. The van der Waals surface area contributed by atoms with Gasteiger partial charge in [-0.2, -0.15) is 0 Å². The summed E-state index contributed by atoms with van der Waals surface area (Å²) in [4.78, 5) is 13.7. The third-order valence-electron chi connectivity index (χ3n) is 2.68. The van der Waals surface area contributed by atoms with Crippen molar-refractivity contribution in [3.63, 3.8) is 0 Å². The monoisotopic (exact) mass is 193 g/mol. The molecule has 2 nitrogen and oxygen atoms in total. The zero-order valence-electron chi connectivity index (χ0n) is 8.74. The molecule has 1 atom stereocenters. The topological polar surface area (TPSA) is 20.3 Å². The van der Waals surface area contributed by atoms with Gasteiger partial charge in [0.05, 0.1) is 0 Å². The van der Waals surface area contributed by atoms with Crippen molar-refractivity contribution in [1.82, 2.24) is 4.90 Å². The predicted molar refractivity (Wildman–Crippen MR) is 59.2 cm³/mol. The lowest BCUT2D eigenvalue weighted by Gasteiger charge is -2.21. The first-order valence-electron chi connectivity index (χ1n) is 5.24. The van der Waals surface area contributed by atoms with E-state index in [0.29, 0.717) is 5.78 Å². The molecule has 0 aromatic heterocycles. The van der Waals surface area contributed by atoms with Gasteiger partial charge in [0, 0.05) is 32.0 Å². The largest absolute Gasteiger partial charge is 0.299 e. The van der Waals surface area contributed by atoms with E-state index in [0.717, 1.165) is 38.9 Å². The smallest absolute Gasteiger partial charge is 0.137 e. The molecule has 0 saturated heterocycles. The van der Waals surface area contributed by atoms with Crippen LogP contribution in [-0.4, -0.2) is 30.3 Å². The predicted octanol–water partition coefficient (Wildman–Crippen LogP) is 2.03. The molecule has 0 radical (unpaired) electrons. The fourth-order valence-corrected chi connectivity index (χ4v) is 1.98. The van der Waals surface area contributed by atoms with E-state index in [1.165, 1.54) is 0 Å². The Kier molecular flexibility index (Phi) is 4.60. The van der Waals surface area contributed by atoms with E-state index in [-0.39, 0.29) is 5.92 Å². The van der Waals surface area contributed by atoms with E-state index in [9.17, 15) is 4.79 Å². The lowest BCUT2D eigenvalue weighted by atomic mass is 10.1. The summed E-state index contributed by atoms with van der Waals surface area (Å²) in [6, 6.07) is 0. The number of ketones is 1. The Morgan fingerprint density at radius 1 is 1.36 bits per heavy atom. The highest BCUT2D eigenvalue weighted by Gasteiger charge is 2.25. The van der Waals surface area contributed by atoms with Gasteiger partial charge in [0.25, 0.3) is 0 Å². The van der Waals surface area contributed by atoms with Crippen molar-refractivity contribution in [2.75, 3.05) is 19.6 Å². The Balaban J connectivity index is 2.40. The fourth-order valence-electron chi connectivity index (χ4n) is 1.98. The highest BCUT2D eigenvalue weighted by molar-refractivity contribution is 5.83. The summed E-state index contributed by atoms with van der Waals surface area (Å²) in [5.41, 5.74) is 0. The summed E-state index contributed by atoms with van der Waals surface area (Å²) in [5.74, 6) is 0.693. The molecule has 0 aliphatic heterocycles. The van der Waals surface area contributed by atoms with Crippen molar-refractivity contribution >= 4 is 5.78 Å². The van der Waals surface area contributed by atoms with Crippen molar-refractivity contribution in [3.05, 3.63) is 25.3 Å². The van der Waals surface area contributed by atoms with Crippen LogP contribution in [0.1, 0.15) is 19.3 Å². The minimum absolute atomic E-state index is 0.259. The zero-order valence-corrected chi connectivity index (χ0v) is 8.74. The Hall–Kier alpha value is -0.890. The van der Waals surface area contributed by atoms with Gasteiger partial charge in [0.2, 0.25) is 0 Å². The molecule has 1 saturated carbocycles. The van der Waals surface area contributed by atoms with E-state index < -0.39 is 0 Å². The molecule has 1 fully saturated rings. The summed E-state index contributed by atoms with van der Waals surface area (Å²) in [6.45, 7) is 9.99. The fraction of sp³-hybridized carbons (Fsp3) is 0.583. The van der Waals surface area contributed by atoms with Crippen molar-refractivity contribution in [3.8, 4) is 0 Å². The maximum Gasteiger partial charge on any atom is 0.137 e. The normalized spacial score (nSPS) is 21.5. The van der Waals surface area contributed by atoms with Crippen LogP contribution >= 0.6 is 0 Å². The number of nitrogens with zero attached hydrogens (tertiary/aromatic N) is 1. The molecule has 2 heteroatoms. The van der Waals surface area contributed by atoms with Crippen LogP contribution in [0.25, 0.3) is 0 Å². The molecular formula is C12H19NO. The van der Waals surface area contributed by atoms with E-state index in [4.69, 9.17) is 0 Å². The number of carbonyl (C=O) groups is 1. The average Bonchev–Trinajstić information content (AvgIpc) is 2.53. The van der Waals surface area contributed by atoms with Crippen LogP contribution in [-0.2, 0) is 4.79 Å². The second-order valence-corrected chi connectivity index (χ2v) is 3.85. The molecule has 0 spiro atoms. The minimum Gasteiger partial charge on any atom is -0.299 e. The van der Waals surface area contributed by atoms with Crippen molar-refractivity contribution in [1.29, 1.82) is 0 Å². The van der Waals surface area contributed by atoms with Crippen LogP contribution in [0.3, 0.4) is 0 Å². The van der Waals surface area contributed by atoms with Gasteiger partial charge in [-0.1, -0.05) is 12.2 Å². The number of rotatable bonds is 6. The quantitative estimate of drug-likeness (QED) is 0.602. The first-order valence-corrected chi connectivity index (χ1v) is 5.24. The molecular weight excluding hydrogens is 174 g/mol. The lowest BCUT2D eigenvalue weighted by Crippen LogP contribution is -2.31. The van der Waals surface area contributed by atoms with Gasteiger partial charge < -0.3 is 0 Å². The standard InChI is InChI=1S/C12H19NO/c1-3-8-13(9-4-2)10-11-6-5-7-12(11)14/h3-4,11H,1-2,5-10H2. The van der Waals surface area contributed by atoms with Crippen LogP contribution in [0.5, 0.6) is 0 Å². The molecule has 14 heavy (non-hydrogen) atoms. The summed E-state index contributed by atoms with van der Waals surface area (Å²) in [7, 11) is 0. The Labute approximate surface area is 86.3 Å². The number of hydrogen-bond donors (Lipinski definition) is 0.